The maximum Gasteiger partial charge on any atom is 0.283 e. The van der Waals surface area contributed by atoms with Gasteiger partial charge < -0.3 is 4.90 Å². The van der Waals surface area contributed by atoms with Crippen LogP contribution >= 0.6 is 0 Å². The molecule has 1 aliphatic heterocycles. The summed E-state index contributed by atoms with van der Waals surface area (Å²) >= 11 is 0. The van der Waals surface area contributed by atoms with Gasteiger partial charge in [-0.2, -0.15) is 0 Å². The normalized spacial score (nSPS) is 21.4. The van der Waals surface area contributed by atoms with Crippen molar-refractivity contribution in [2.45, 2.75) is 45.7 Å². The molecule has 3 heteroatoms. The van der Waals surface area contributed by atoms with Gasteiger partial charge in [-0.15, -0.1) is 0 Å². The summed E-state index contributed by atoms with van der Waals surface area (Å²) in [6, 6.07) is 11.2. The van der Waals surface area contributed by atoms with Crippen molar-refractivity contribution in [1.82, 2.24) is 4.90 Å². The lowest BCUT2D eigenvalue weighted by Crippen LogP contribution is -2.44. The van der Waals surface area contributed by atoms with Crippen molar-refractivity contribution in [3.8, 4) is 11.3 Å². The molecule has 148 valence electrons. The van der Waals surface area contributed by atoms with Crippen LogP contribution in [0.5, 0.6) is 0 Å². The van der Waals surface area contributed by atoms with Crippen LogP contribution < -0.4 is 9.47 Å². The standard InChI is InChI=1S/C26H30N3/c1-17-10-7-8-11-19(17)25-24-20-12-9-13-21(20)26(3,4)22(24)16-23(28(25)6)29-15-14-27(5)18(29)2/h7-11,13-16,18H,12H2,1-6H3/q+1/t18-/m0/s1. The Morgan fingerprint density at radius 3 is 2.59 bits per heavy atom. The fourth-order valence-corrected chi connectivity index (χ4v) is 5.27. The van der Waals surface area contributed by atoms with Gasteiger partial charge in [-0.1, -0.05) is 50.3 Å². The summed E-state index contributed by atoms with van der Waals surface area (Å²) in [4.78, 5) is 4.64. The Hall–Kier alpha value is -2.81. The van der Waals surface area contributed by atoms with E-state index in [1.165, 1.54) is 44.9 Å². The predicted molar refractivity (Wildman–Crippen MR) is 120 cm³/mol. The summed E-state index contributed by atoms with van der Waals surface area (Å²) in [6.07, 6.45) is 10.4. The van der Waals surface area contributed by atoms with Gasteiger partial charge in [0.25, 0.3) is 5.82 Å². The topological polar surface area (TPSA) is 10.4 Å². The van der Waals surface area contributed by atoms with Crippen molar-refractivity contribution in [3.63, 3.8) is 0 Å². The van der Waals surface area contributed by atoms with Crippen molar-refractivity contribution in [1.29, 1.82) is 0 Å². The van der Waals surface area contributed by atoms with E-state index in [1.54, 1.807) is 0 Å². The second kappa shape index (κ2) is 6.09. The van der Waals surface area contributed by atoms with Gasteiger partial charge in [0.2, 0.25) is 0 Å². The van der Waals surface area contributed by atoms with Crippen LogP contribution in [0.25, 0.3) is 16.8 Å². The average Bonchev–Trinajstić information content (AvgIpc) is 3.35. The number of allylic oxidation sites excluding steroid dienone is 4. The van der Waals surface area contributed by atoms with Crippen LogP contribution in [0.15, 0.2) is 60.5 Å². The summed E-state index contributed by atoms with van der Waals surface area (Å²) in [5.41, 5.74) is 9.90. The monoisotopic (exact) mass is 384 g/mol. The van der Waals surface area contributed by atoms with Crippen LogP contribution in [0.4, 0.5) is 5.82 Å². The SMILES string of the molecule is Cc1ccccc1-c1c2c(cc(N3C=CN(C)[C@@H]3C)[n+]1C)C(C)(C)C1=C2CC=C1. The Kier molecular flexibility index (Phi) is 3.83. The van der Waals surface area contributed by atoms with E-state index < -0.39 is 0 Å². The van der Waals surface area contributed by atoms with Gasteiger partial charge in [-0.25, -0.2) is 9.47 Å². The van der Waals surface area contributed by atoms with Gasteiger partial charge in [0.15, 0.2) is 6.17 Å². The van der Waals surface area contributed by atoms with Gasteiger partial charge in [0, 0.05) is 35.9 Å². The van der Waals surface area contributed by atoms with Crippen molar-refractivity contribution in [2.24, 2.45) is 7.05 Å². The molecular formula is C26H30N3+. The first-order valence-corrected chi connectivity index (χ1v) is 10.5. The zero-order chi connectivity index (χ0) is 20.5. The first kappa shape index (κ1) is 18.2. The van der Waals surface area contributed by atoms with E-state index in [9.17, 15) is 0 Å². The minimum atomic E-state index is 0.0245. The molecule has 0 fully saturated rings. The van der Waals surface area contributed by atoms with Crippen molar-refractivity contribution < 1.29 is 4.57 Å². The largest absolute Gasteiger partial charge is 0.339 e. The fourth-order valence-electron chi connectivity index (χ4n) is 5.27. The van der Waals surface area contributed by atoms with E-state index in [1.807, 2.05) is 0 Å². The molecule has 0 bridgehead atoms. The van der Waals surface area contributed by atoms with Crippen LogP contribution in [0.2, 0.25) is 0 Å². The van der Waals surface area contributed by atoms with Gasteiger partial charge in [0.1, 0.15) is 11.9 Å². The van der Waals surface area contributed by atoms with Gasteiger partial charge in [-0.05, 0) is 42.5 Å². The quantitative estimate of drug-likeness (QED) is 0.670. The number of aryl methyl sites for hydroxylation is 1. The zero-order valence-electron chi connectivity index (χ0n) is 18.3. The second-order valence-corrected chi connectivity index (χ2v) is 9.14. The smallest absolute Gasteiger partial charge is 0.283 e. The summed E-state index contributed by atoms with van der Waals surface area (Å²) < 4.78 is 2.41. The third kappa shape index (κ3) is 2.40. The minimum Gasteiger partial charge on any atom is -0.339 e. The van der Waals surface area contributed by atoms with E-state index in [0.29, 0.717) is 6.17 Å². The van der Waals surface area contributed by atoms with E-state index in [-0.39, 0.29) is 5.41 Å². The molecule has 0 spiro atoms. The number of hydrogen-bond donors (Lipinski definition) is 0. The molecule has 2 aromatic rings. The first-order chi connectivity index (χ1) is 13.8. The average molecular weight is 385 g/mol. The highest BCUT2D eigenvalue weighted by Gasteiger charge is 2.43. The molecule has 2 heterocycles. The second-order valence-electron chi connectivity index (χ2n) is 9.14. The Bertz CT molecular complexity index is 1120. The number of nitrogens with zero attached hydrogens (tertiary/aromatic N) is 3. The number of rotatable bonds is 2. The Labute approximate surface area is 174 Å². The summed E-state index contributed by atoms with van der Waals surface area (Å²) in [6.45, 7) is 9.24. The molecule has 1 aromatic heterocycles. The van der Waals surface area contributed by atoms with Crippen molar-refractivity contribution in [3.05, 3.63) is 77.1 Å². The van der Waals surface area contributed by atoms with Crippen LogP contribution in [0, 0.1) is 6.92 Å². The molecule has 3 aliphatic rings. The van der Waals surface area contributed by atoms with Crippen molar-refractivity contribution >= 4 is 11.4 Å². The summed E-state index contributed by atoms with van der Waals surface area (Å²) in [5.74, 6) is 1.24. The van der Waals surface area contributed by atoms with E-state index in [4.69, 9.17) is 0 Å². The third-order valence-electron chi connectivity index (χ3n) is 7.16. The van der Waals surface area contributed by atoms with E-state index >= 15 is 0 Å². The molecule has 0 saturated carbocycles. The number of benzene rings is 1. The maximum absolute atomic E-state index is 2.43. The van der Waals surface area contributed by atoms with Crippen LogP contribution in [-0.4, -0.2) is 18.1 Å². The predicted octanol–water partition coefficient (Wildman–Crippen LogP) is 5.06. The highest BCUT2D eigenvalue weighted by atomic mass is 15.4. The fraction of sp³-hybridized carbons (Fsp3) is 0.346. The molecule has 5 rings (SSSR count). The molecule has 0 amide bonds. The number of fused-ring (bicyclic) bond motifs is 2. The zero-order valence-corrected chi connectivity index (χ0v) is 18.3. The molecule has 1 atom stereocenters. The van der Waals surface area contributed by atoms with Crippen molar-refractivity contribution in [2.75, 3.05) is 11.9 Å². The number of pyridine rings is 1. The number of anilines is 1. The molecular weight excluding hydrogens is 354 g/mol. The highest BCUT2D eigenvalue weighted by Crippen LogP contribution is 2.53. The van der Waals surface area contributed by atoms with Crippen LogP contribution in [-0.2, 0) is 12.5 Å². The molecule has 29 heavy (non-hydrogen) atoms. The van der Waals surface area contributed by atoms with Gasteiger partial charge in [0.05, 0.1) is 7.05 Å². The molecule has 0 N–H and O–H groups in total. The lowest BCUT2D eigenvalue weighted by atomic mass is 9.81. The van der Waals surface area contributed by atoms with Gasteiger partial charge >= 0.3 is 0 Å². The minimum absolute atomic E-state index is 0.0245. The molecule has 2 aliphatic carbocycles. The lowest BCUT2D eigenvalue weighted by Gasteiger charge is -2.27. The van der Waals surface area contributed by atoms with Gasteiger partial charge in [-0.3, -0.25) is 0 Å². The van der Waals surface area contributed by atoms with E-state index in [0.717, 1.165) is 6.42 Å². The Morgan fingerprint density at radius 2 is 1.90 bits per heavy atom. The summed E-state index contributed by atoms with van der Waals surface area (Å²) in [5, 5.41) is 0. The number of hydrogen-bond acceptors (Lipinski definition) is 2. The molecule has 0 saturated heterocycles. The Morgan fingerprint density at radius 1 is 1.14 bits per heavy atom. The first-order valence-electron chi connectivity index (χ1n) is 10.5. The summed E-state index contributed by atoms with van der Waals surface area (Å²) in [7, 11) is 4.37. The van der Waals surface area contributed by atoms with Crippen LogP contribution in [0.1, 0.15) is 43.9 Å². The molecule has 3 nitrogen and oxygen atoms in total. The lowest BCUT2D eigenvalue weighted by molar-refractivity contribution is -0.647. The highest BCUT2D eigenvalue weighted by molar-refractivity contribution is 5.91. The third-order valence-corrected chi connectivity index (χ3v) is 7.16. The van der Waals surface area contributed by atoms with Crippen LogP contribution in [0.3, 0.4) is 0 Å². The number of aromatic nitrogens is 1. The Balaban J connectivity index is 1.85. The molecule has 0 unspecified atom stereocenters. The maximum atomic E-state index is 2.43. The molecule has 0 radical (unpaired) electrons. The molecule has 1 aromatic carbocycles. The van der Waals surface area contributed by atoms with E-state index in [2.05, 4.69) is 111 Å².